The van der Waals surface area contributed by atoms with Crippen molar-refractivity contribution in [2.45, 2.75) is 86.5 Å². The summed E-state index contributed by atoms with van der Waals surface area (Å²) in [6, 6.07) is 0. The Morgan fingerprint density at radius 1 is 1.08 bits per heavy atom. The minimum absolute atomic E-state index is 0.223. The van der Waals surface area contributed by atoms with Crippen molar-refractivity contribution in [3.8, 4) is 0 Å². The molecule has 6 atom stereocenters. The SMILES string of the molecule is C=C(CCC)CC1(C)C(=C)CC(C2CCC(=C)C2(C)CC)C(C)C1C. The van der Waals surface area contributed by atoms with Crippen molar-refractivity contribution >= 4 is 0 Å². The summed E-state index contributed by atoms with van der Waals surface area (Å²) in [5.41, 5.74) is 4.95. The van der Waals surface area contributed by atoms with E-state index >= 15 is 0 Å². The predicted octanol–water partition coefficient (Wildman–Crippen LogP) is 7.97. The monoisotopic (exact) mass is 342 g/mol. The van der Waals surface area contributed by atoms with Gasteiger partial charge in [-0.15, -0.1) is 0 Å². The van der Waals surface area contributed by atoms with Gasteiger partial charge in [-0.25, -0.2) is 0 Å². The van der Waals surface area contributed by atoms with Crippen LogP contribution >= 0.6 is 0 Å². The normalized spacial score (nSPS) is 42.0. The van der Waals surface area contributed by atoms with Crippen molar-refractivity contribution in [1.82, 2.24) is 0 Å². The smallest absolute Gasteiger partial charge is 0.00537 e. The first-order chi connectivity index (χ1) is 11.6. The molecule has 0 aliphatic heterocycles. The van der Waals surface area contributed by atoms with Crippen LogP contribution in [0.1, 0.15) is 86.5 Å². The Kier molecular flexibility index (Phi) is 6.12. The highest BCUT2D eigenvalue weighted by atomic mass is 14.6. The van der Waals surface area contributed by atoms with E-state index in [4.69, 9.17) is 0 Å². The minimum atomic E-state index is 0.223. The van der Waals surface area contributed by atoms with Crippen molar-refractivity contribution in [3.05, 3.63) is 36.5 Å². The molecule has 0 bridgehead atoms. The topological polar surface area (TPSA) is 0 Å². The quantitative estimate of drug-likeness (QED) is 0.429. The largest absolute Gasteiger partial charge is 0.0998 e. The Bertz CT molecular complexity index is 538. The molecule has 2 saturated carbocycles. The van der Waals surface area contributed by atoms with E-state index in [0.717, 1.165) is 30.6 Å². The summed E-state index contributed by atoms with van der Waals surface area (Å²) < 4.78 is 0. The highest BCUT2D eigenvalue weighted by molar-refractivity contribution is 5.24. The zero-order valence-corrected chi connectivity index (χ0v) is 17.9. The molecule has 2 aliphatic rings. The molecule has 0 aromatic rings. The first-order valence-electron chi connectivity index (χ1n) is 10.6. The lowest BCUT2D eigenvalue weighted by Crippen LogP contribution is -2.45. The molecule has 6 unspecified atom stereocenters. The summed E-state index contributed by atoms with van der Waals surface area (Å²) in [6.45, 7) is 28.0. The lowest BCUT2D eigenvalue weighted by molar-refractivity contribution is 0.0292. The third-order valence-electron chi connectivity index (χ3n) is 8.61. The zero-order chi connectivity index (χ0) is 19.0. The fourth-order valence-corrected chi connectivity index (χ4v) is 6.13. The Hall–Kier alpha value is -0.780. The lowest BCUT2D eigenvalue weighted by Gasteiger charge is -2.53. The Labute approximate surface area is 157 Å². The Balaban J connectivity index is 2.24. The lowest BCUT2D eigenvalue weighted by atomic mass is 9.52. The van der Waals surface area contributed by atoms with Crippen LogP contribution in [0, 0.1) is 34.5 Å². The molecule has 0 aromatic heterocycles. The van der Waals surface area contributed by atoms with Crippen LogP contribution in [0.25, 0.3) is 0 Å². The molecular formula is C25H42. The summed E-state index contributed by atoms with van der Waals surface area (Å²) in [5.74, 6) is 2.95. The molecule has 2 aliphatic carbocycles. The number of hydrogen-bond acceptors (Lipinski definition) is 0. The van der Waals surface area contributed by atoms with Gasteiger partial charge in [0.2, 0.25) is 0 Å². The van der Waals surface area contributed by atoms with Crippen molar-refractivity contribution < 1.29 is 0 Å². The molecular weight excluding hydrogens is 300 g/mol. The Morgan fingerprint density at radius 2 is 1.72 bits per heavy atom. The predicted molar refractivity (Wildman–Crippen MR) is 113 cm³/mol. The van der Waals surface area contributed by atoms with E-state index in [9.17, 15) is 0 Å². The van der Waals surface area contributed by atoms with E-state index in [-0.39, 0.29) is 5.41 Å². The minimum Gasteiger partial charge on any atom is -0.0998 e. The molecule has 0 spiro atoms. The maximum Gasteiger partial charge on any atom is -0.00537 e. The summed E-state index contributed by atoms with van der Waals surface area (Å²) in [7, 11) is 0. The second-order valence-electron chi connectivity index (χ2n) is 9.73. The molecule has 0 N–H and O–H groups in total. The van der Waals surface area contributed by atoms with Gasteiger partial charge in [-0.3, -0.25) is 0 Å². The summed E-state index contributed by atoms with van der Waals surface area (Å²) in [6.07, 6.45) is 8.47. The van der Waals surface area contributed by atoms with E-state index in [2.05, 4.69) is 61.3 Å². The third kappa shape index (κ3) is 3.43. The van der Waals surface area contributed by atoms with E-state index in [1.54, 1.807) is 0 Å². The maximum absolute atomic E-state index is 4.62. The van der Waals surface area contributed by atoms with E-state index in [1.807, 2.05) is 0 Å². The number of hydrogen-bond donors (Lipinski definition) is 0. The van der Waals surface area contributed by atoms with Crippen molar-refractivity contribution in [1.29, 1.82) is 0 Å². The van der Waals surface area contributed by atoms with Gasteiger partial charge in [-0.1, -0.05) is 84.4 Å². The molecule has 0 heteroatoms. The molecule has 142 valence electrons. The van der Waals surface area contributed by atoms with Gasteiger partial charge in [0.15, 0.2) is 0 Å². The van der Waals surface area contributed by atoms with Crippen LogP contribution in [-0.2, 0) is 0 Å². The standard InChI is InChI=1S/C25H42/c1-10-12-17(3)16-25(9)19(5)15-22(20(6)21(25)7)23-14-13-18(4)24(23,8)11-2/h20-23H,3-5,10-16H2,1-2,6-9H3. The summed E-state index contributed by atoms with van der Waals surface area (Å²) in [5, 5.41) is 0. The van der Waals surface area contributed by atoms with Gasteiger partial charge in [-0.2, -0.15) is 0 Å². The average molecular weight is 343 g/mol. The van der Waals surface area contributed by atoms with Crippen LogP contribution in [-0.4, -0.2) is 0 Å². The van der Waals surface area contributed by atoms with E-state index < -0.39 is 0 Å². The third-order valence-corrected chi connectivity index (χ3v) is 8.61. The fraction of sp³-hybridized carbons (Fsp3) is 0.760. The van der Waals surface area contributed by atoms with Gasteiger partial charge in [-0.05, 0) is 73.0 Å². The van der Waals surface area contributed by atoms with Crippen LogP contribution in [0.2, 0.25) is 0 Å². The van der Waals surface area contributed by atoms with Crippen LogP contribution in [0.5, 0.6) is 0 Å². The molecule has 0 nitrogen and oxygen atoms in total. The van der Waals surface area contributed by atoms with Crippen LogP contribution in [0.3, 0.4) is 0 Å². The Morgan fingerprint density at radius 3 is 2.28 bits per heavy atom. The van der Waals surface area contributed by atoms with E-state index in [0.29, 0.717) is 11.3 Å². The van der Waals surface area contributed by atoms with Gasteiger partial charge < -0.3 is 0 Å². The molecule has 0 aromatic carbocycles. The average Bonchev–Trinajstić information content (AvgIpc) is 2.85. The van der Waals surface area contributed by atoms with Gasteiger partial charge >= 0.3 is 0 Å². The van der Waals surface area contributed by atoms with Gasteiger partial charge in [0.05, 0.1) is 0 Å². The number of allylic oxidation sites excluding steroid dienone is 3. The highest BCUT2D eigenvalue weighted by Gasteiger charge is 2.51. The molecule has 0 heterocycles. The molecule has 0 radical (unpaired) electrons. The molecule has 0 saturated heterocycles. The van der Waals surface area contributed by atoms with Gasteiger partial charge in [0.1, 0.15) is 0 Å². The first kappa shape index (κ1) is 20.5. The maximum atomic E-state index is 4.62. The van der Waals surface area contributed by atoms with Gasteiger partial charge in [0.25, 0.3) is 0 Å². The molecule has 2 rings (SSSR count). The zero-order valence-electron chi connectivity index (χ0n) is 17.9. The van der Waals surface area contributed by atoms with E-state index in [1.165, 1.54) is 48.8 Å². The summed E-state index contributed by atoms with van der Waals surface area (Å²) in [4.78, 5) is 0. The second kappa shape index (κ2) is 7.45. The summed E-state index contributed by atoms with van der Waals surface area (Å²) >= 11 is 0. The number of rotatable bonds is 6. The van der Waals surface area contributed by atoms with Crippen LogP contribution < -0.4 is 0 Å². The van der Waals surface area contributed by atoms with Crippen molar-refractivity contribution in [2.75, 3.05) is 0 Å². The van der Waals surface area contributed by atoms with Crippen molar-refractivity contribution in [2.24, 2.45) is 34.5 Å². The highest BCUT2D eigenvalue weighted by Crippen LogP contribution is 2.60. The molecule has 25 heavy (non-hydrogen) atoms. The molecule has 2 fully saturated rings. The fourth-order valence-electron chi connectivity index (χ4n) is 6.13. The second-order valence-corrected chi connectivity index (χ2v) is 9.73. The molecule has 0 amide bonds. The van der Waals surface area contributed by atoms with Crippen molar-refractivity contribution in [3.63, 3.8) is 0 Å². The van der Waals surface area contributed by atoms with Crippen LogP contribution in [0.15, 0.2) is 36.5 Å². The first-order valence-corrected chi connectivity index (χ1v) is 10.6. The van der Waals surface area contributed by atoms with Crippen LogP contribution in [0.4, 0.5) is 0 Å². The van der Waals surface area contributed by atoms with Gasteiger partial charge in [0, 0.05) is 0 Å².